The normalized spacial score (nSPS) is 11.0. The summed E-state index contributed by atoms with van der Waals surface area (Å²) in [6.07, 6.45) is 0. The third kappa shape index (κ3) is 3.93. The van der Waals surface area contributed by atoms with Gasteiger partial charge in [-0.15, -0.1) is 0 Å². The van der Waals surface area contributed by atoms with E-state index in [4.69, 9.17) is 4.74 Å². The fraction of sp³-hybridized carbons (Fsp3) is 0.333. The molecule has 0 heterocycles. The van der Waals surface area contributed by atoms with Gasteiger partial charge in [-0.2, -0.15) is 0 Å². The second-order valence-electron chi connectivity index (χ2n) is 6.34. The van der Waals surface area contributed by atoms with Gasteiger partial charge in [-0.3, -0.25) is 20.2 Å². The molecular weight excluding hydrogens is 324 g/mol. The number of nitro benzene ring substituents is 2. The van der Waals surface area contributed by atoms with Gasteiger partial charge < -0.3 is 4.74 Å². The van der Waals surface area contributed by atoms with Gasteiger partial charge in [-0.1, -0.05) is 45.9 Å². The van der Waals surface area contributed by atoms with Crippen LogP contribution in [0.15, 0.2) is 36.4 Å². The van der Waals surface area contributed by atoms with Crippen molar-refractivity contribution in [2.75, 3.05) is 0 Å². The molecule has 7 heteroatoms. The standard InChI is InChI=1S/C18H20N2O5/c1-11(2)14-6-5-7-15(12(3)4)18(14)25-17-9-8-13(19(21)22)10-16(17)20(23)24/h5-12H,1-4H3. The first-order chi connectivity index (χ1) is 11.7. The Kier molecular flexibility index (Phi) is 5.36. The van der Waals surface area contributed by atoms with Crippen molar-refractivity contribution < 1.29 is 14.6 Å². The predicted molar refractivity (Wildman–Crippen MR) is 94.4 cm³/mol. The lowest BCUT2D eigenvalue weighted by Gasteiger charge is -2.19. The smallest absolute Gasteiger partial charge is 0.318 e. The summed E-state index contributed by atoms with van der Waals surface area (Å²) >= 11 is 0. The lowest BCUT2D eigenvalue weighted by atomic mass is 9.94. The van der Waals surface area contributed by atoms with E-state index in [9.17, 15) is 20.2 Å². The maximum Gasteiger partial charge on any atom is 0.318 e. The molecule has 0 spiro atoms. The highest BCUT2D eigenvalue weighted by atomic mass is 16.6. The van der Waals surface area contributed by atoms with Crippen LogP contribution in [0.2, 0.25) is 0 Å². The topological polar surface area (TPSA) is 95.5 Å². The quantitative estimate of drug-likeness (QED) is 0.506. The molecular formula is C18H20N2O5. The van der Waals surface area contributed by atoms with E-state index >= 15 is 0 Å². The van der Waals surface area contributed by atoms with E-state index < -0.39 is 15.5 Å². The Morgan fingerprint density at radius 1 is 0.880 bits per heavy atom. The molecule has 0 aliphatic carbocycles. The Morgan fingerprint density at radius 2 is 1.44 bits per heavy atom. The molecule has 7 nitrogen and oxygen atoms in total. The number of hydrogen-bond acceptors (Lipinski definition) is 5. The largest absolute Gasteiger partial charge is 0.450 e. The minimum Gasteiger partial charge on any atom is -0.450 e. The van der Waals surface area contributed by atoms with Crippen molar-refractivity contribution >= 4 is 11.4 Å². The first kappa shape index (κ1) is 18.4. The maximum absolute atomic E-state index is 11.3. The molecule has 0 saturated heterocycles. The molecule has 0 amide bonds. The molecule has 2 aromatic rings. The number of nitrogens with zero attached hydrogens (tertiary/aromatic N) is 2. The molecule has 25 heavy (non-hydrogen) atoms. The molecule has 2 rings (SSSR count). The van der Waals surface area contributed by atoms with Gasteiger partial charge in [0.25, 0.3) is 5.69 Å². The second-order valence-corrected chi connectivity index (χ2v) is 6.34. The van der Waals surface area contributed by atoms with Crippen molar-refractivity contribution in [3.8, 4) is 11.5 Å². The molecule has 2 aromatic carbocycles. The number of benzene rings is 2. The Balaban J connectivity index is 2.60. The number of ether oxygens (including phenoxy) is 1. The van der Waals surface area contributed by atoms with E-state index in [0.29, 0.717) is 5.75 Å². The Hall–Kier alpha value is -2.96. The average molecular weight is 344 g/mol. The summed E-state index contributed by atoms with van der Waals surface area (Å²) in [5, 5.41) is 22.2. The van der Waals surface area contributed by atoms with Crippen molar-refractivity contribution in [2.24, 2.45) is 0 Å². The van der Waals surface area contributed by atoms with Gasteiger partial charge in [0.05, 0.1) is 15.9 Å². The van der Waals surface area contributed by atoms with Gasteiger partial charge in [0.1, 0.15) is 5.75 Å². The fourth-order valence-corrected chi connectivity index (χ4v) is 2.56. The molecule has 0 aliphatic rings. The van der Waals surface area contributed by atoms with Gasteiger partial charge >= 0.3 is 5.69 Å². The molecule has 0 N–H and O–H groups in total. The number of hydrogen-bond donors (Lipinski definition) is 0. The highest BCUT2D eigenvalue weighted by molar-refractivity contribution is 5.56. The van der Waals surface area contributed by atoms with Crippen molar-refractivity contribution in [1.82, 2.24) is 0 Å². The fourth-order valence-electron chi connectivity index (χ4n) is 2.56. The summed E-state index contributed by atoms with van der Waals surface area (Å²) in [5.74, 6) is 0.881. The molecule has 0 aromatic heterocycles. The second kappa shape index (κ2) is 7.29. The SMILES string of the molecule is CC(C)c1cccc(C(C)C)c1Oc1ccc([N+](=O)[O-])cc1[N+](=O)[O-]. The first-order valence-electron chi connectivity index (χ1n) is 7.95. The van der Waals surface area contributed by atoms with Gasteiger partial charge in [-0.25, -0.2) is 0 Å². The van der Waals surface area contributed by atoms with Crippen molar-refractivity contribution in [3.63, 3.8) is 0 Å². The van der Waals surface area contributed by atoms with E-state index in [1.807, 2.05) is 45.9 Å². The van der Waals surface area contributed by atoms with Gasteiger partial charge in [0, 0.05) is 6.07 Å². The third-order valence-electron chi connectivity index (χ3n) is 3.88. The van der Waals surface area contributed by atoms with Gasteiger partial charge in [0.2, 0.25) is 5.75 Å². The van der Waals surface area contributed by atoms with Crippen LogP contribution in [0.25, 0.3) is 0 Å². The van der Waals surface area contributed by atoms with Crippen LogP contribution in [0, 0.1) is 20.2 Å². The van der Waals surface area contributed by atoms with Crippen molar-refractivity contribution in [3.05, 3.63) is 67.8 Å². The van der Waals surface area contributed by atoms with Crippen molar-refractivity contribution in [1.29, 1.82) is 0 Å². The van der Waals surface area contributed by atoms with Gasteiger partial charge in [0.15, 0.2) is 0 Å². The average Bonchev–Trinajstić information content (AvgIpc) is 2.54. The van der Waals surface area contributed by atoms with E-state index in [1.165, 1.54) is 12.1 Å². The lowest BCUT2D eigenvalue weighted by molar-refractivity contribution is -0.394. The Labute approximate surface area is 145 Å². The zero-order chi connectivity index (χ0) is 18.7. The molecule has 132 valence electrons. The summed E-state index contributed by atoms with van der Waals surface area (Å²) in [6, 6.07) is 9.17. The van der Waals surface area contributed by atoms with E-state index in [1.54, 1.807) is 0 Å². The van der Waals surface area contributed by atoms with E-state index in [2.05, 4.69) is 0 Å². The lowest BCUT2D eigenvalue weighted by Crippen LogP contribution is -2.02. The van der Waals surface area contributed by atoms with Crippen LogP contribution in [0.3, 0.4) is 0 Å². The molecule has 0 atom stereocenters. The van der Waals surface area contributed by atoms with Crippen molar-refractivity contribution in [2.45, 2.75) is 39.5 Å². The van der Waals surface area contributed by atoms with Gasteiger partial charge in [-0.05, 0) is 29.0 Å². The first-order valence-corrected chi connectivity index (χ1v) is 7.95. The minimum absolute atomic E-state index is 0.00870. The maximum atomic E-state index is 11.3. The highest BCUT2D eigenvalue weighted by Gasteiger charge is 2.24. The van der Waals surface area contributed by atoms with Crippen LogP contribution < -0.4 is 4.74 Å². The molecule has 0 aliphatic heterocycles. The van der Waals surface area contributed by atoms with Crippen LogP contribution in [-0.2, 0) is 0 Å². The molecule has 0 bridgehead atoms. The van der Waals surface area contributed by atoms with Crippen LogP contribution in [0.5, 0.6) is 11.5 Å². The number of non-ortho nitro benzene ring substituents is 1. The minimum atomic E-state index is -0.671. The van der Waals surface area contributed by atoms with Crippen LogP contribution in [-0.4, -0.2) is 9.85 Å². The van der Waals surface area contributed by atoms with Crippen LogP contribution in [0.1, 0.15) is 50.7 Å². The summed E-state index contributed by atoms with van der Waals surface area (Å²) < 4.78 is 5.93. The highest BCUT2D eigenvalue weighted by Crippen LogP contribution is 2.41. The summed E-state index contributed by atoms with van der Waals surface area (Å²) in [5.41, 5.74) is 1.08. The summed E-state index contributed by atoms with van der Waals surface area (Å²) in [4.78, 5) is 20.9. The predicted octanol–water partition coefficient (Wildman–Crippen LogP) is 5.54. The molecule has 0 unspecified atom stereocenters. The molecule has 0 radical (unpaired) electrons. The van der Waals surface area contributed by atoms with Crippen LogP contribution in [0.4, 0.5) is 11.4 Å². The number of rotatable bonds is 6. The zero-order valence-electron chi connectivity index (χ0n) is 14.6. The monoisotopic (exact) mass is 344 g/mol. The summed E-state index contributed by atoms with van der Waals surface area (Å²) in [6.45, 7) is 8.04. The summed E-state index contributed by atoms with van der Waals surface area (Å²) in [7, 11) is 0. The Bertz CT molecular complexity index is 789. The molecule has 0 saturated carbocycles. The van der Waals surface area contributed by atoms with Crippen LogP contribution >= 0.6 is 0 Å². The third-order valence-corrected chi connectivity index (χ3v) is 3.88. The Morgan fingerprint density at radius 3 is 1.88 bits per heavy atom. The molecule has 0 fully saturated rings. The zero-order valence-corrected chi connectivity index (χ0v) is 14.6. The number of nitro groups is 2. The number of para-hydroxylation sites is 1. The van der Waals surface area contributed by atoms with E-state index in [0.717, 1.165) is 17.2 Å². The van der Waals surface area contributed by atoms with E-state index in [-0.39, 0.29) is 23.3 Å².